The number of piperidine rings is 1. The van der Waals surface area contributed by atoms with Crippen LogP contribution in [0.2, 0.25) is 10.0 Å². The average Bonchev–Trinajstić information content (AvgIpc) is 3.01. The minimum absolute atomic E-state index is 0.0784. The van der Waals surface area contributed by atoms with Gasteiger partial charge in [0.25, 0.3) is 5.56 Å². The first-order valence-electron chi connectivity index (χ1n) is 9.82. The Bertz CT molecular complexity index is 944. The molecule has 0 unspecified atom stereocenters. The van der Waals surface area contributed by atoms with Crippen molar-refractivity contribution >= 4 is 40.7 Å². The molecule has 0 radical (unpaired) electrons. The number of rotatable bonds is 4. The first kappa shape index (κ1) is 21.1. The van der Waals surface area contributed by atoms with E-state index in [2.05, 4.69) is 22.1 Å². The van der Waals surface area contributed by atoms with E-state index in [1.165, 1.54) is 11.8 Å². The van der Waals surface area contributed by atoms with Crippen LogP contribution < -0.4 is 15.8 Å². The monoisotopic (exact) mass is 453 g/mol. The van der Waals surface area contributed by atoms with Gasteiger partial charge in [0.15, 0.2) is 0 Å². The lowest BCUT2D eigenvalue weighted by Crippen LogP contribution is -2.52. The number of anilines is 1. The first-order valence-corrected chi connectivity index (χ1v) is 11.4. The maximum Gasteiger partial charge on any atom is 0.272 e. The van der Waals surface area contributed by atoms with Crippen LogP contribution in [-0.4, -0.2) is 43.9 Å². The summed E-state index contributed by atoms with van der Waals surface area (Å²) in [7, 11) is 2.01. The van der Waals surface area contributed by atoms with Crippen molar-refractivity contribution in [1.82, 2.24) is 10.3 Å². The molecular formula is C21H25Cl2N3O2S. The van der Waals surface area contributed by atoms with Gasteiger partial charge in [-0.3, -0.25) is 4.79 Å². The predicted molar refractivity (Wildman–Crippen MR) is 120 cm³/mol. The minimum atomic E-state index is -0.0784. The molecular weight excluding hydrogens is 429 g/mol. The van der Waals surface area contributed by atoms with Crippen LogP contribution in [0.3, 0.4) is 0 Å². The molecule has 2 aliphatic heterocycles. The molecule has 1 spiro atoms. The molecule has 2 atom stereocenters. The van der Waals surface area contributed by atoms with Gasteiger partial charge in [-0.2, -0.15) is 0 Å². The van der Waals surface area contributed by atoms with Crippen LogP contribution in [0.4, 0.5) is 5.69 Å². The molecule has 4 rings (SSSR count). The molecule has 5 nitrogen and oxygen atoms in total. The molecule has 1 aromatic heterocycles. The number of hydrogen-bond donors (Lipinski definition) is 2. The van der Waals surface area contributed by atoms with E-state index in [0.29, 0.717) is 16.1 Å². The predicted octanol–water partition coefficient (Wildman–Crippen LogP) is 4.43. The number of H-pyrrole nitrogens is 1. The zero-order valence-corrected chi connectivity index (χ0v) is 18.8. The fourth-order valence-electron chi connectivity index (χ4n) is 4.61. The lowest BCUT2D eigenvalue weighted by atomic mass is 9.73. The summed E-state index contributed by atoms with van der Waals surface area (Å²) in [6.45, 7) is 4.63. The third-order valence-electron chi connectivity index (χ3n) is 6.17. The van der Waals surface area contributed by atoms with Crippen LogP contribution in [0.5, 0.6) is 0 Å². The van der Waals surface area contributed by atoms with Gasteiger partial charge in [0, 0.05) is 29.4 Å². The van der Waals surface area contributed by atoms with Crippen LogP contribution in [0, 0.1) is 5.41 Å². The van der Waals surface area contributed by atoms with Crippen molar-refractivity contribution in [3.63, 3.8) is 0 Å². The Morgan fingerprint density at radius 2 is 2.00 bits per heavy atom. The molecule has 8 heteroatoms. The van der Waals surface area contributed by atoms with E-state index >= 15 is 0 Å². The summed E-state index contributed by atoms with van der Waals surface area (Å²) in [5.41, 5.74) is 0.802. The normalized spacial score (nSPS) is 23.7. The highest BCUT2D eigenvalue weighted by molar-refractivity contribution is 7.99. The van der Waals surface area contributed by atoms with Crippen LogP contribution in [0.1, 0.15) is 19.8 Å². The van der Waals surface area contributed by atoms with E-state index in [9.17, 15) is 4.79 Å². The number of hydrogen-bond acceptors (Lipinski definition) is 5. The van der Waals surface area contributed by atoms with Gasteiger partial charge in [-0.1, -0.05) is 41.0 Å². The van der Waals surface area contributed by atoms with Crippen molar-refractivity contribution in [2.45, 2.75) is 41.8 Å². The van der Waals surface area contributed by atoms with Crippen LogP contribution in [-0.2, 0) is 4.74 Å². The van der Waals surface area contributed by atoms with Gasteiger partial charge in [0.05, 0.1) is 27.8 Å². The summed E-state index contributed by atoms with van der Waals surface area (Å²) in [6, 6.07) is 9.68. The molecule has 2 aliphatic rings. The Balaban J connectivity index is 1.47. The molecule has 29 heavy (non-hydrogen) atoms. The summed E-state index contributed by atoms with van der Waals surface area (Å²) in [5, 5.41) is 5.19. The number of nitrogens with zero attached hydrogens (tertiary/aromatic N) is 1. The summed E-state index contributed by atoms with van der Waals surface area (Å²) in [5.74, 6) is 0. The Hall–Kier alpha value is -1.18. The number of ether oxygens (including phenoxy) is 1. The molecule has 0 bridgehead atoms. The maximum atomic E-state index is 12.8. The SMILES string of the molecule is CN[C@@H]1[C@H](C)OCC12CCN(c1ccc(Sc3cccc(Cl)c3Cl)[nH]c1=O)CC2. The number of pyridine rings is 1. The van der Waals surface area contributed by atoms with Gasteiger partial charge in [0.2, 0.25) is 0 Å². The fraction of sp³-hybridized carbons (Fsp3) is 0.476. The van der Waals surface area contributed by atoms with E-state index in [1.807, 2.05) is 31.3 Å². The Morgan fingerprint density at radius 3 is 2.69 bits per heavy atom. The van der Waals surface area contributed by atoms with Gasteiger partial charge in [0.1, 0.15) is 5.69 Å². The van der Waals surface area contributed by atoms with Gasteiger partial charge in [-0.05, 0) is 51.1 Å². The third-order valence-corrected chi connectivity index (χ3v) is 8.12. The second-order valence-electron chi connectivity index (χ2n) is 7.82. The summed E-state index contributed by atoms with van der Waals surface area (Å²) in [4.78, 5) is 18.7. The maximum absolute atomic E-state index is 12.8. The largest absolute Gasteiger partial charge is 0.376 e. The zero-order chi connectivity index (χ0) is 20.6. The molecule has 2 N–H and O–H groups in total. The van der Waals surface area contributed by atoms with Crippen molar-refractivity contribution in [2.24, 2.45) is 5.41 Å². The minimum Gasteiger partial charge on any atom is -0.376 e. The Kier molecular flexibility index (Phi) is 6.19. The molecule has 3 heterocycles. The highest BCUT2D eigenvalue weighted by Gasteiger charge is 2.48. The standard InChI is InChI=1S/C21H25Cl2N3O2S/c1-13-19(24-2)21(12-28-13)8-10-26(11-9-21)15-6-7-17(25-20(15)27)29-16-5-3-4-14(22)18(16)23/h3-7,13,19,24H,8-12H2,1-2H3,(H,25,27)/t13-,19+/m0/s1. The van der Waals surface area contributed by atoms with Crippen molar-refractivity contribution in [3.8, 4) is 0 Å². The van der Waals surface area contributed by atoms with E-state index < -0.39 is 0 Å². The van der Waals surface area contributed by atoms with Gasteiger partial charge in [-0.15, -0.1) is 0 Å². The molecule has 156 valence electrons. The second-order valence-corrected chi connectivity index (χ2v) is 9.69. The lowest BCUT2D eigenvalue weighted by Gasteiger charge is -2.42. The van der Waals surface area contributed by atoms with Crippen molar-refractivity contribution in [3.05, 3.63) is 50.7 Å². The molecule has 2 aromatic rings. The van der Waals surface area contributed by atoms with Crippen molar-refractivity contribution in [2.75, 3.05) is 31.6 Å². The lowest BCUT2D eigenvalue weighted by molar-refractivity contribution is 0.0972. The second kappa shape index (κ2) is 8.52. The van der Waals surface area contributed by atoms with Gasteiger partial charge in [-0.25, -0.2) is 0 Å². The molecule has 1 aromatic carbocycles. The smallest absolute Gasteiger partial charge is 0.272 e. The quantitative estimate of drug-likeness (QED) is 0.716. The van der Waals surface area contributed by atoms with Crippen LogP contribution in [0.15, 0.2) is 45.0 Å². The van der Waals surface area contributed by atoms with Crippen LogP contribution >= 0.6 is 35.0 Å². The first-order chi connectivity index (χ1) is 13.9. The summed E-state index contributed by atoms with van der Waals surface area (Å²) < 4.78 is 5.93. The Labute approximate surface area is 185 Å². The number of aromatic nitrogens is 1. The Morgan fingerprint density at radius 1 is 1.24 bits per heavy atom. The summed E-state index contributed by atoms with van der Waals surface area (Å²) in [6.07, 6.45) is 2.25. The van der Waals surface area contributed by atoms with E-state index in [1.54, 1.807) is 6.07 Å². The highest BCUT2D eigenvalue weighted by Crippen LogP contribution is 2.42. The van der Waals surface area contributed by atoms with Gasteiger partial charge < -0.3 is 19.9 Å². The third kappa shape index (κ3) is 4.06. The molecule has 2 saturated heterocycles. The molecule has 0 saturated carbocycles. The fourth-order valence-corrected chi connectivity index (χ4v) is 5.94. The zero-order valence-electron chi connectivity index (χ0n) is 16.5. The molecule has 2 fully saturated rings. The van der Waals surface area contributed by atoms with Crippen molar-refractivity contribution < 1.29 is 4.74 Å². The average molecular weight is 454 g/mol. The highest BCUT2D eigenvalue weighted by atomic mass is 35.5. The van der Waals surface area contributed by atoms with E-state index in [-0.39, 0.29) is 17.1 Å². The van der Waals surface area contributed by atoms with Gasteiger partial charge >= 0.3 is 0 Å². The van der Waals surface area contributed by atoms with E-state index in [0.717, 1.165) is 48.1 Å². The number of halogens is 2. The molecule has 0 amide bonds. The number of likely N-dealkylation sites (N-methyl/N-ethyl adjacent to an activating group) is 1. The molecule has 0 aliphatic carbocycles. The van der Waals surface area contributed by atoms with E-state index in [4.69, 9.17) is 27.9 Å². The summed E-state index contributed by atoms with van der Waals surface area (Å²) >= 11 is 13.7. The van der Waals surface area contributed by atoms with Crippen molar-refractivity contribution in [1.29, 1.82) is 0 Å². The number of aromatic amines is 1. The topological polar surface area (TPSA) is 57.4 Å². The number of benzene rings is 1. The van der Waals surface area contributed by atoms with Crippen LogP contribution in [0.25, 0.3) is 0 Å². The number of nitrogens with one attached hydrogen (secondary N) is 2.